The molecule has 1 amide bonds. The number of hydrazone groups is 1. The highest BCUT2D eigenvalue weighted by atomic mass is 32.2. The Morgan fingerprint density at radius 2 is 1.74 bits per heavy atom. The van der Waals surface area contributed by atoms with Crippen LogP contribution in [0.25, 0.3) is 0 Å². The minimum Gasteiger partial charge on any atom is -0.271 e. The standard InChI is InChI=1S/C25H26N4O5S/c1-4-20-8-5-6-11-24(20)28(35(33,34)23-14-12-18(2)13-15-23)17-25(30)27-26-19(3)21-9-7-10-22(16-21)29(31)32/h5-16H,4,17H2,1-3H3,(H,27,30)/b26-19-. The quantitative estimate of drug-likeness (QED) is 0.271. The van der Waals surface area contributed by atoms with Gasteiger partial charge in [-0.1, -0.05) is 55.0 Å². The highest BCUT2D eigenvalue weighted by molar-refractivity contribution is 7.92. The number of sulfonamides is 1. The number of para-hydroxylation sites is 1. The van der Waals surface area contributed by atoms with Gasteiger partial charge in [-0.15, -0.1) is 0 Å². The van der Waals surface area contributed by atoms with Gasteiger partial charge in [0.25, 0.3) is 21.6 Å². The Labute approximate surface area is 204 Å². The van der Waals surface area contributed by atoms with Gasteiger partial charge in [-0.25, -0.2) is 13.8 Å². The Balaban J connectivity index is 1.91. The summed E-state index contributed by atoms with van der Waals surface area (Å²) in [6.07, 6.45) is 0.571. The van der Waals surface area contributed by atoms with Crippen LogP contribution in [0.2, 0.25) is 0 Å². The van der Waals surface area contributed by atoms with Gasteiger partial charge in [0, 0.05) is 17.7 Å². The first-order valence-corrected chi connectivity index (χ1v) is 12.3. The van der Waals surface area contributed by atoms with Crippen LogP contribution in [0.3, 0.4) is 0 Å². The minimum absolute atomic E-state index is 0.0677. The molecule has 3 rings (SSSR count). The molecule has 182 valence electrons. The third kappa shape index (κ3) is 6.10. The fraction of sp³-hybridized carbons (Fsp3) is 0.200. The van der Waals surface area contributed by atoms with Gasteiger partial charge in [-0.2, -0.15) is 5.10 Å². The van der Waals surface area contributed by atoms with Crippen molar-refractivity contribution in [2.45, 2.75) is 32.1 Å². The van der Waals surface area contributed by atoms with Crippen LogP contribution in [-0.2, 0) is 21.2 Å². The zero-order valence-corrected chi connectivity index (χ0v) is 20.5. The van der Waals surface area contributed by atoms with Crippen LogP contribution < -0.4 is 9.73 Å². The van der Waals surface area contributed by atoms with E-state index in [9.17, 15) is 23.3 Å². The van der Waals surface area contributed by atoms with Gasteiger partial charge in [-0.05, 0) is 44.0 Å². The predicted octanol–water partition coefficient (Wildman–Crippen LogP) is 4.20. The van der Waals surface area contributed by atoms with Crippen LogP contribution in [0.4, 0.5) is 11.4 Å². The Kier molecular flexibility index (Phi) is 7.98. The minimum atomic E-state index is -4.06. The van der Waals surface area contributed by atoms with Gasteiger partial charge in [-0.3, -0.25) is 19.2 Å². The number of non-ortho nitro benzene ring substituents is 1. The predicted molar refractivity (Wildman–Crippen MR) is 135 cm³/mol. The maximum Gasteiger partial charge on any atom is 0.270 e. The van der Waals surface area contributed by atoms with Crippen molar-refractivity contribution in [1.82, 2.24) is 5.43 Å². The van der Waals surface area contributed by atoms with Crippen LogP contribution in [0.5, 0.6) is 0 Å². The number of hydrogen-bond acceptors (Lipinski definition) is 6. The molecular formula is C25H26N4O5S. The number of amides is 1. The van der Waals surface area contributed by atoms with E-state index in [0.29, 0.717) is 23.4 Å². The molecule has 9 nitrogen and oxygen atoms in total. The number of nitro benzene ring substituents is 1. The molecule has 0 atom stereocenters. The fourth-order valence-electron chi connectivity index (χ4n) is 3.41. The van der Waals surface area contributed by atoms with Gasteiger partial charge >= 0.3 is 0 Å². The van der Waals surface area contributed by atoms with Crippen molar-refractivity contribution in [3.05, 3.63) is 99.6 Å². The van der Waals surface area contributed by atoms with E-state index in [2.05, 4.69) is 10.5 Å². The number of nitro groups is 1. The summed E-state index contributed by atoms with van der Waals surface area (Å²) in [4.78, 5) is 23.4. The Hall–Kier alpha value is -4.05. The number of aryl methyl sites for hydroxylation is 2. The van der Waals surface area contributed by atoms with E-state index in [1.54, 1.807) is 37.3 Å². The SMILES string of the molecule is CCc1ccccc1N(CC(=O)N/N=C(/C)c1cccc([N+](=O)[O-])c1)S(=O)(=O)c1ccc(C)cc1. The Morgan fingerprint density at radius 1 is 1.06 bits per heavy atom. The van der Waals surface area contributed by atoms with E-state index in [0.717, 1.165) is 15.4 Å². The van der Waals surface area contributed by atoms with Crippen molar-refractivity contribution >= 4 is 33.0 Å². The molecule has 0 aliphatic rings. The number of rotatable bonds is 9. The number of benzene rings is 3. The van der Waals surface area contributed by atoms with Crippen LogP contribution in [0, 0.1) is 17.0 Å². The second-order valence-corrected chi connectivity index (χ2v) is 9.71. The number of nitrogens with zero attached hydrogens (tertiary/aromatic N) is 3. The van der Waals surface area contributed by atoms with Crippen LogP contribution in [0.1, 0.15) is 30.5 Å². The molecule has 3 aromatic carbocycles. The van der Waals surface area contributed by atoms with E-state index in [1.807, 2.05) is 26.0 Å². The molecule has 0 heterocycles. The second-order valence-electron chi connectivity index (χ2n) is 7.85. The van der Waals surface area contributed by atoms with E-state index in [-0.39, 0.29) is 10.6 Å². The fourth-order valence-corrected chi connectivity index (χ4v) is 4.87. The highest BCUT2D eigenvalue weighted by Crippen LogP contribution is 2.27. The van der Waals surface area contributed by atoms with Gasteiger partial charge in [0.1, 0.15) is 6.54 Å². The molecule has 0 aromatic heterocycles. The summed E-state index contributed by atoms with van der Waals surface area (Å²) in [5.41, 5.74) is 5.15. The third-order valence-electron chi connectivity index (χ3n) is 5.36. The topological polar surface area (TPSA) is 122 Å². The molecule has 0 aliphatic carbocycles. The first-order valence-electron chi connectivity index (χ1n) is 10.9. The summed E-state index contributed by atoms with van der Waals surface area (Å²) in [6.45, 7) is 4.85. The molecule has 0 fully saturated rings. The largest absolute Gasteiger partial charge is 0.271 e. The van der Waals surface area contributed by atoms with Gasteiger partial charge < -0.3 is 0 Å². The van der Waals surface area contributed by atoms with Crippen molar-refractivity contribution < 1.29 is 18.1 Å². The van der Waals surface area contributed by atoms with Gasteiger partial charge in [0.05, 0.1) is 21.2 Å². The summed E-state index contributed by atoms with van der Waals surface area (Å²) >= 11 is 0. The lowest BCUT2D eigenvalue weighted by Crippen LogP contribution is -2.40. The van der Waals surface area contributed by atoms with Gasteiger partial charge in [0.2, 0.25) is 0 Å². The summed E-state index contributed by atoms with van der Waals surface area (Å²) in [5, 5.41) is 15.0. The van der Waals surface area contributed by atoms with Crippen molar-refractivity contribution in [1.29, 1.82) is 0 Å². The van der Waals surface area contributed by atoms with Crippen LogP contribution in [-0.4, -0.2) is 31.5 Å². The molecule has 0 saturated heterocycles. The first-order chi connectivity index (χ1) is 16.6. The second kappa shape index (κ2) is 10.9. The van der Waals surface area contributed by atoms with Crippen molar-refractivity contribution in [3.63, 3.8) is 0 Å². The smallest absolute Gasteiger partial charge is 0.270 e. The maximum atomic E-state index is 13.6. The lowest BCUT2D eigenvalue weighted by atomic mass is 10.1. The molecule has 0 bridgehead atoms. The average Bonchev–Trinajstić information content (AvgIpc) is 2.86. The van der Waals surface area contributed by atoms with Crippen LogP contribution >= 0.6 is 0 Å². The molecule has 10 heteroatoms. The highest BCUT2D eigenvalue weighted by Gasteiger charge is 2.28. The zero-order valence-electron chi connectivity index (χ0n) is 19.6. The summed E-state index contributed by atoms with van der Waals surface area (Å²) < 4.78 is 28.2. The zero-order chi connectivity index (χ0) is 25.6. The monoisotopic (exact) mass is 494 g/mol. The molecule has 3 aromatic rings. The van der Waals surface area contributed by atoms with E-state index < -0.39 is 27.4 Å². The number of carbonyl (C=O) groups excluding carboxylic acids is 1. The third-order valence-corrected chi connectivity index (χ3v) is 7.13. The number of carbonyl (C=O) groups is 1. The van der Waals surface area contributed by atoms with Crippen molar-refractivity contribution in [3.8, 4) is 0 Å². The van der Waals surface area contributed by atoms with Gasteiger partial charge in [0.15, 0.2) is 0 Å². The molecule has 1 N–H and O–H groups in total. The summed E-state index contributed by atoms with van der Waals surface area (Å²) in [5.74, 6) is -0.656. The normalized spacial score (nSPS) is 11.7. The number of hydrogen-bond donors (Lipinski definition) is 1. The molecule has 0 spiro atoms. The molecule has 0 aliphatic heterocycles. The van der Waals surface area contributed by atoms with Crippen molar-refractivity contribution in [2.75, 3.05) is 10.8 Å². The van der Waals surface area contributed by atoms with E-state index in [1.165, 1.54) is 30.3 Å². The van der Waals surface area contributed by atoms with Crippen LogP contribution in [0.15, 0.2) is 82.8 Å². The number of anilines is 1. The molecule has 0 unspecified atom stereocenters. The van der Waals surface area contributed by atoms with Crippen molar-refractivity contribution in [2.24, 2.45) is 5.10 Å². The van der Waals surface area contributed by atoms with E-state index in [4.69, 9.17) is 0 Å². The summed E-state index contributed by atoms with van der Waals surface area (Å²) in [6, 6.07) is 19.3. The number of nitrogens with one attached hydrogen (secondary N) is 1. The lowest BCUT2D eigenvalue weighted by molar-refractivity contribution is -0.384. The molecular weight excluding hydrogens is 468 g/mol. The Morgan fingerprint density at radius 3 is 2.40 bits per heavy atom. The lowest BCUT2D eigenvalue weighted by Gasteiger charge is -2.26. The first kappa shape index (κ1) is 25.6. The summed E-state index contributed by atoms with van der Waals surface area (Å²) in [7, 11) is -4.06. The molecule has 0 saturated carbocycles. The maximum absolute atomic E-state index is 13.6. The van der Waals surface area contributed by atoms with E-state index >= 15 is 0 Å². The average molecular weight is 495 g/mol. The molecule has 35 heavy (non-hydrogen) atoms. The Bertz CT molecular complexity index is 1370. The molecule has 0 radical (unpaired) electrons.